The lowest BCUT2D eigenvalue weighted by Crippen LogP contribution is -2.34. The van der Waals surface area contributed by atoms with Crippen LogP contribution in [-0.4, -0.2) is 41.3 Å². The summed E-state index contributed by atoms with van der Waals surface area (Å²) >= 11 is 0. The first-order chi connectivity index (χ1) is 11.4. The molecule has 1 aliphatic heterocycles. The number of hydrogen-bond donors (Lipinski definition) is 1. The average Bonchev–Trinajstić information content (AvgIpc) is 3.14. The fourth-order valence-corrected chi connectivity index (χ4v) is 4.67. The van der Waals surface area contributed by atoms with Gasteiger partial charge in [0.2, 0.25) is 0 Å². The van der Waals surface area contributed by atoms with Gasteiger partial charge in [0.05, 0.1) is 6.54 Å². The molecule has 4 atom stereocenters. The highest BCUT2D eigenvalue weighted by Gasteiger charge is 2.60. The smallest absolute Gasteiger partial charge is 0.475 e. The second-order valence-corrected chi connectivity index (χ2v) is 7.51. The summed E-state index contributed by atoms with van der Waals surface area (Å²) in [6.07, 6.45) is 4.96. The van der Waals surface area contributed by atoms with Crippen LogP contribution >= 0.6 is 0 Å². The zero-order chi connectivity index (χ0) is 17.3. The van der Waals surface area contributed by atoms with E-state index in [0.29, 0.717) is 0 Å². The number of carboxylic acids is 1. The highest BCUT2D eigenvalue weighted by molar-refractivity contribution is 5.73. The van der Waals surface area contributed by atoms with Crippen molar-refractivity contribution in [2.24, 2.45) is 23.7 Å². The van der Waals surface area contributed by atoms with Gasteiger partial charge in [-0.15, -0.1) is 0 Å². The summed E-state index contributed by atoms with van der Waals surface area (Å²) in [6.45, 7) is 2.44. The molecule has 0 aromatic heterocycles. The molecule has 1 heterocycles. The van der Waals surface area contributed by atoms with Crippen LogP contribution in [0.3, 0.4) is 0 Å². The molecule has 0 unspecified atom stereocenters. The number of carboxylic acid groups (broad SMARTS) is 1. The largest absolute Gasteiger partial charge is 0.490 e. The molecule has 134 valence electrons. The molecule has 0 radical (unpaired) electrons. The van der Waals surface area contributed by atoms with Crippen LogP contribution < -0.4 is 0 Å². The number of alkyl halides is 3. The molecule has 3 saturated carbocycles. The molecule has 1 N–H and O–H groups in total. The zero-order valence-corrected chi connectivity index (χ0v) is 13.7. The van der Waals surface area contributed by atoms with Crippen molar-refractivity contribution in [3.63, 3.8) is 0 Å². The Labute approximate surface area is 140 Å². The predicted molar refractivity (Wildman–Crippen MR) is 83.1 cm³/mol. The van der Waals surface area contributed by atoms with Crippen LogP contribution in [0.1, 0.15) is 44.9 Å². The Balaban J connectivity index is 0.000000209. The number of rotatable bonds is 1. The molecule has 4 aliphatic rings. The van der Waals surface area contributed by atoms with Crippen LogP contribution in [0.2, 0.25) is 0 Å². The highest BCUT2D eigenvalue weighted by atomic mass is 19.4. The lowest BCUT2D eigenvalue weighted by atomic mass is 9.90. The molecule has 0 aromatic carbocycles. The molecule has 24 heavy (non-hydrogen) atoms. The number of likely N-dealkylation sites (tertiary alicyclic amines) is 1. The summed E-state index contributed by atoms with van der Waals surface area (Å²) in [5.41, 5.74) is 0. The summed E-state index contributed by atoms with van der Waals surface area (Å²) in [5, 5.41) is 7.12. The number of nitrogens with zero attached hydrogens (tertiary/aromatic N) is 1. The number of fused-ring (bicyclic) bond motifs is 5. The first-order valence-electron chi connectivity index (χ1n) is 8.89. The van der Waals surface area contributed by atoms with Crippen LogP contribution in [-0.2, 0) is 4.79 Å². The second-order valence-electron chi connectivity index (χ2n) is 7.51. The normalized spacial score (nSPS) is 34.6. The number of aliphatic carboxylic acids is 1. The van der Waals surface area contributed by atoms with E-state index < -0.39 is 12.1 Å². The summed E-state index contributed by atoms with van der Waals surface area (Å²) < 4.78 is 31.7. The van der Waals surface area contributed by atoms with Crippen LogP contribution in [0.5, 0.6) is 0 Å². The Morgan fingerprint density at radius 1 is 1.12 bits per heavy atom. The second kappa shape index (κ2) is 6.95. The SMILES string of the molecule is C(#CC1CCCCC1)CN1C[C@@H]2C[C@H]1[C@H]1C[C@@H]21.O=C(O)C(F)(F)F. The van der Waals surface area contributed by atoms with Gasteiger partial charge < -0.3 is 5.11 Å². The molecule has 1 saturated heterocycles. The van der Waals surface area contributed by atoms with Crippen LogP contribution in [0.25, 0.3) is 0 Å². The highest BCUT2D eigenvalue weighted by Crippen LogP contribution is 2.60. The van der Waals surface area contributed by atoms with E-state index in [9.17, 15) is 13.2 Å². The van der Waals surface area contributed by atoms with Crippen molar-refractivity contribution in [1.29, 1.82) is 0 Å². The van der Waals surface area contributed by atoms with Crippen LogP contribution in [0.15, 0.2) is 0 Å². The minimum atomic E-state index is -5.08. The zero-order valence-electron chi connectivity index (χ0n) is 13.7. The monoisotopic (exact) mass is 343 g/mol. The maximum absolute atomic E-state index is 10.6. The van der Waals surface area contributed by atoms with Gasteiger partial charge in [-0.3, -0.25) is 4.90 Å². The van der Waals surface area contributed by atoms with Gasteiger partial charge in [-0.2, -0.15) is 13.2 Å². The standard InChI is InChI=1S/C16H23N.C2HF3O2/c1-2-5-12(6-3-1)7-4-8-17-11-13-9-16(17)15-10-14(13)15;3-2(4,5)1(6)7/h12-16H,1-3,5-6,8-11H2;(H,6,7)/t13-,14-,15-,16-;/m0./s1. The Hall–Kier alpha value is -1.22. The fraction of sp³-hybridized carbons (Fsp3) is 0.833. The van der Waals surface area contributed by atoms with Gasteiger partial charge in [0.15, 0.2) is 0 Å². The van der Waals surface area contributed by atoms with E-state index in [4.69, 9.17) is 9.90 Å². The Morgan fingerprint density at radius 2 is 1.79 bits per heavy atom. The van der Waals surface area contributed by atoms with E-state index in [0.717, 1.165) is 36.3 Å². The molecule has 0 amide bonds. The van der Waals surface area contributed by atoms with Crippen LogP contribution in [0, 0.1) is 35.5 Å². The van der Waals surface area contributed by atoms with Gasteiger partial charge >= 0.3 is 12.1 Å². The van der Waals surface area contributed by atoms with Crippen molar-refractivity contribution in [3.8, 4) is 11.8 Å². The third-order valence-corrected chi connectivity index (χ3v) is 5.91. The van der Waals surface area contributed by atoms with Gasteiger partial charge in [-0.05, 0) is 43.4 Å². The number of carbonyl (C=O) groups is 1. The molecular weight excluding hydrogens is 319 g/mol. The van der Waals surface area contributed by atoms with E-state index in [1.165, 1.54) is 45.1 Å². The molecule has 4 fully saturated rings. The van der Waals surface area contributed by atoms with Gasteiger partial charge in [-0.25, -0.2) is 4.79 Å². The van der Waals surface area contributed by atoms with Crippen molar-refractivity contribution in [2.45, 2.75) is 57.2 Å². The average molecular weight is 343 g/mol. The first kappa shape index (κ1) is 17.6. The molecule has 4 rings (SSSR count). The van der Waals surface area contributed by atoms with Gasteiger partial charge in [-0.1, -0.05) is 31.1 Å². The fourth-order valence-electron chi connectivity index (χ4n) is 4.67. The molecular formula is C18H24F3NO2. The summed E-state index contributed by atoms with van der Waals surface area (Å²) in [6, 6.07) is 0.936. The third-order valence-electron chi connectivity index (χ3n) is 5.91. The van der Waals surface area contributed by atoms with E-state index in [-0.39, 0.29) is 0 Å². The van der Waals surface area contributed by atoms with E-state index in [1.807, 2.05) is 0 Å². The topological polar surface area (TPSA) is 40.5 Å². The molecule has 0 aromatic rings. The van der Waals surface area contributed by atoms with Crippen molar-refractivity contribution < 1.29 is 23.1 Å². The van der Waals surface area contributed by atoms with Crippen LogP contribution in [0.4, 0.5) is 13.2 Å². The summed E-state index contributed by atoms with van der Waals surface area (Å²) in [5.74, 6) is 8.30. The number of piperidine rings is 1. The van der Waals surface area contributed by atoms with E-state index >= 15 is 0 Å². The third kappa shape index (κ3) is 4.05. The van der Waals surface area contributed by atoms with Gasteiger partial charge in [0, 0.05) is 18.5 Å². The maximum atomic E-state index is 10.6. The molecule has 6 heteroatoms. The van der Waals surface area contributed by atoms with Crippen molar-refractivity contribution in [1.82, 2.24) is 4.90 Å². The quantitative estimate of drug-likeness (QED) is 0.741. The minimum absolute atomic E-state index is 0.734. The lowest BCUT2D eigenvalue weighted by Gasteiger charge is -2.24. The summed E-state index contributed by atoms with van der Waals surface area (Å²) in [7, 11) is 0. The Morgan fingerprint density at radius 3 is 2.33 bits per heavy atom. The number of halogens is 3. The van der Waals surface area contributed by atoms with Gasteiger partial charge in [0.25, 0.3) is 0 Å². The minimum Gasteiger partial charge on any atom is -0.475 e. The van der Waals surface area contributed by atoms with E-state index in [2.05, 4.69) is 16.7 Å². The van der Waals surface area contributed by atoms with Crippen molar-refractivity contribution in [3.05, 3.63) is 0 Å². The molecule has 2 bridgehead atoms. The Bertz CT molecular complexity index is 531. The predicted octanol–water partition coefficient (Wildman–Crippen LogP) is 3.54. The molecule has 3 aliphatic carbocycles. The molecule has 3 nitrogen and oxygen atoms in total. The van der Waals surface area contributed by atoms with Gasteiger partial charge in [0.1, 0.15) is 0 Å². The molecule has 0 spiro atoms. The lowest BCUT2D eigenvalue weighted by molar-refractivity contribution is -0.192. The summed E-state index contributed by atoms with van der Waals surface area (Å²) in [4.78, 5) is 11.6. The van der Waals surface area contributed by atoms with Crippen molar-refractivity contribution >= 4 is 5.97 Å². The first-order valence-corrected chi connectivity index (χ1v) is 8.89. The van der Waals surface area contributed by atoms with Crippen molar-refractivity contribution in [2.75, 3.05) is 13.1 Å². The van der Waals surface area contributed by atoms with E-state index in [1.54, 1.807) is 6.42 Å². The maximum Gasteiger partial charge on any atom is 0.490 e. The number of hydrogen-bond acceptors (Lipinski definition) is 2. The Kier molecular flexibility index (Phi) is 5.10.